The highest BCUT2D eigenvalue weighted by Crippen LogP contribution is 2.19. The van der Waals surface area contributed by atoms with E-state index in [2.05, 4.69) is 45.3 Å². The minimum atomic E-state index is -0.471. The lowest BCUT2D eigenvalue weighted by Crippen LogP contribution is -2.40. The Kier molecular flexibility index (Phi) is 8.40. The molecule has 0 saturated carbocycles. The Labute approximate surface area is 136 Å². The number of carbonyl (C=O) groups excluding carboxylic acids is 1. The van der Waals surface area contributed by atoms with E-state index in [1.807, 2.05) is 20.8 Å². The molecule has 0 heterocycles. The largest absolute Gasteiger partial charge is 0.444 e. The van der Waals surface area contributed by atoms with Crippen molar-refractivity contribution >= 4 is 6.09 Å². The number of hydrogen-bond donors (Lipinski definition) is 2. The second kappa shape index (κ2) is 8.73. The van der Waals surface area contributed by atoms with Crippen LogP contribution in [0.3, 0.4) is 0 Å². The van der Waals surface area contributed by atoms with Crippen LogP contribution in [0.2, 0.25) is 0 Å². The van der Waals surface area contributed by atoms with Crippen LogP contribution in [0, 0.1) is 10.8 Å². The quantitative estimate of drug-likeness (QED) is 0.686. The summed E-state index contributed by atoms with van der Waals surface area (Å²) in [6.45, 7) is 19.9. The van der Waals surface area contributed by atoms with Gasteiger partial charge in [0, 0.05) is 23.9 Å². The van der Waals surface area contributed by atoms with Gasteiger partial charge in [-0.25, -0.2) is 4.79 Å². The van der Waals surface area contributed by atoms with Crippen molar-refractivity contribution < 1.29 is 14.3 Å². The molecule has 0 fully saturated rings. The van der Waals surface area contributed by atoms with E-state index < -0.39 is 5.60 Å². The molecule has 0 aromatic rings. The van der Waals surface area contributed by atoms with E-state index in [1.54, 1.807) is 0 Å². The van der Waals surface area contributed by atoms with Crippen LogP contribution in [-0.4, -0.2) is 44.5 Å². The third-order valence-corrected chi connectivity index (χ3v) is 2.95. The Morgan fingerprint density at radius 2 is 1.41 bits per heavy atom. The Morgan fingerprint density at radius 3 is 1.86 bits per heavy atom. The van der Waals surface area contributed by atoms with Gasteiger partial charge in [-0.05, 0) is 27.3 Å². The van der Waals surface area contributed by atoms with Crippen molar-refractivity contribution in [1.82, 2.24) is 10.6 Å². The zero-order valence-electron chi connectivity index (χ0n) is 15.8. The third kappa shape index (κ3) is 11.8. The van der Waals surface area contributed by atoms with E-state index in [0.717, 1.165) is 13.1 Å². The van der Waals surface area contributed by atoms with Gasteiger partial charge in [-0.15, -0.1) is 0 Å². The fraction of sp³-hybridized carbons (Fsp3) is 0.941. The summed E-state index contributed by atoms with van der Waals surface area (Å²) in [6, 6.07) is 0. The summed E-state index contributed by atoms with van der Waals surface area (Å²) in [5, 5.41) is 6.15. The van der Waals surface area contributed by atoms with Gasteiger partial charge in [-0.1, -0.05) is 34.6 Å². The fourth-order valence-electron chi connectivity index (χ4n) is 1.79. The number of rotatable bonds is 9. The summed E-state index contributed by atoms with van der Waals surface area (Å²) in [7, 11) is 0. The third-order valence-electron chi connectivity index (χ3n) is 2.95. The van der Waals surface area contributed by atoms with Crippen LogP contribution in [0.4, 0.5) is 4.79 Å². The number of nitrogens with one attached hydrogen (secondary N) is 2. The van der Waals surface area contributed by atoms with Gasteiger partial charge in [0.2, 0.25) is 0 Å². The smallest absolute Gasteiger partial charge is 0.407 e. The maximum absolute atomic E-state index is 11.7. The zero-order valence-corrected chi connectivity index (χ0v) is 15.8. The molecule has 0 radical (unpaired) electrons. The Balaban J connectivity index is 4.07. The molecule has 0 aliphatic heterocycles. The molecule has 22 heavy (non-hydrogen) atoms. The molecule has 0 unspecified atom stereocenters. The Hall–Kier alpha value is -0.810. The highest BCUT2D eigenvalue weighted by Gasteiger charge is 2.24. The lowest BCUT2D eigenvalue weighted by molar-refractivity contribution is 0.0125. The van der Waals surface area contributed by atoms with E-state index in [9.17, 15) is 4.79 Å². The van der Waals surface area contributed by atoms with Crippen molar-refractivity contribution in [3.8, 4) is 0 Å². The van der Waals surface area contributed by atoms with Crippen molar-refractivity contribution in [2.24, 2.45) is 10.8 Å². The van der Waals surface area contributed by atoms with Crippen LogP contribution in [0.25, 0.3) is 0 Å². The average molecular weight is 316 g/mol. The number of hydrogen-bond acceptors (Lipinski definition) is 4. The zero-order chi connectivity index (χ0) is 17.4. The lowest BCUT2D eigenvalue weighted by Gasteiger charge is -2.29. The molecule has 0 aliphatic carbocycles. The van der Waals surface area contributed by atoms with Crippen molar-refractivity contribution in [3.63, 3.8) is 0 Å². The summed E-state index contributed by atoms with van der Waals surface area (Å²) in [6.07, 6.45) is -0.381. The molecule has 5 heteroatoms. The summed E-state index contributed by atoms with van der Waals surface area (Å²) >= 11 is 0. The first-order valence-corrected chi connectivity index (χ1v) is 8.12. The minimum absolute atomic E-state index is 0.102. The maximum Gasteiger partial charge on any atom is 0.407 e. The van der Waals surface area contributed by atoms with Gasteiger partial charge >= 0.3 is 6.09 Å². The van der Waals surface area contributed by atoms with Gasteiger partial charge in [-0.3, -0.25) is 0 Å². The molecule has 132 valence electrons. The van der Waals surface area contributed by atoms with E-state index in [-0.39, 0.29) is 16.9 Å². The van der Waals surface area contributed by atoms with Gasteiger partial charge in [0.05, 0.1) is 13.2 Å². The number of carbonyl (C=O) groups is 1. The first kappa shape index (κ1) is 21.2. The van der Waals surface area contributed by atoms with Gasteiger partial charge in [0.1, 0.15) is 5.60 Å². The lowest BCUT2D eigenvalue weighted by atomic mass is 9.93. The van der Waals surface area contributed by atoms with Gasteiger partial charge in [0.15, 0.2) is 0 Å². The maximum atomic E-state index is 11.7. The predicted octanol–water partition coefficient (Wildman–Crippen LogP) is 3.19. The second-order valence-electron chi connectivity index (χ2n) is 8.46. The highest BCUT2D eigenvalue weighted by atomic mass is 16.6. The molecule has 0 aromatic carbocycles. The average Bonchev–Trinajstić information content (AvgIpc) is 2.32. The Morgan fingerprint density at radius 1 is 0.909 bits per heavy atom. The summed E-state index contributed by atoms with van der Waals surface area (Å²) < 4.78 is 11.1. The first-order valence-electron chi connectivity index (χ1n) is 8.12. The Bertz CT molecular complexity index is 333. The highest BCUT2D eigenvalue weighted by molar-refractivity contribution is 5.67. The fourth-order valence-corrected chi connectivity index (χ4v) is 1.79. The topological polar surface area (TPSA) is 59.6 Å². The van der Waals surface area contributed by atoms with E-state index in [4.69, 9.17) is 9.47 Å². The summed E-state index contributed by atoms with van der Waals surface area (Å²) in [5.41, 5.74) is -0.503. The van der Waals surface area contributed by atoms with Gasteiger partial charge < -0.3 is 20.1 Å². The number of alkyl carbamates (subject to hydrolysis) is 1. The summed E-state index contributed by atoms with van der Waals surface area (Å²) in [5.74, 6) is 0. The molecule has 0 atom stereocenters. The van der Waals surface area contributed by atoms with Crippen LogP contribution >= 0.6 is 0 Å². The molecule has 0 spiro atoms. The monoisotopic (exact) mass is 316 g/mol. The van der Waals surface area contributed by atoms with E-state index >= 15 is 0 Å². The van der Waals surface area contributed by atoms with E-state index in [1.165, 1.54) is 0 Å². The van der Waals surface area contributed by atoms with Gasteiger partial charge in [-0.2, -0.15) is 0 Å². The van der Waals surface area contributed by atoms with Crippen LogP contribution < -0.4 is 10.6 Å². The predicted molar refractivity (Wildman–Crippen MR) is 91.2 cm³/mol. The second-order valence-corrected chi connectivity index (χ2v) is 8.46. The van der Waals surface area contributed by atoms with Crippen LogP contribution in [-0.2, 0) is 9.47 Å². The minimum Gasteiger partial charge on any atom is -0.444 e. The molecule has 2 N–H and O–H groups in total. The van der Waals surface area contributed by atoms with Gasteiger partial charge in [0.25, 0.3) is 0 Å². The molecule has 0 saturated heterocycles. The molecule has 5 nitrogen and oxygen atoms in total. The van der Waals surface area contributed by atoms with Crippen molar-refractivity contribution in [2.75, 3.05) is 32.8 Å². The standard InChI is InChI=1S/C17H36N2O3/c1-9-18-10-16(5,6)12-21-13-17(7,8)11-19-14(20)22-15(2,3)4/h18H,9-13H2,1-8H3,(H,19,20). The molecule has 0 aromatic heterocycles. The molecular weight excluding hydrogens is 280 g/mol. The van der Waals surface area contributed by atoms with Crippen LogP contribution in [0.1, 0.15) is 55.4 Å². The molecule has 0 rings (SSSR count). The van der Waals surface area contributed by atoms with E-state index in [0.29, 0.717) is 19.8 Å². The van der Waals surface area contributed by atoms with Crippen molar-refractivity contribution in [3.05, 3.63) is 0 Å². The van der Waals surface area contributed by atoms with Crippen LogP contribution in [0.15, 0.2) is 0 Å². The number of ether oxygens (including phenoxy) is 2. The molecule has 0 bridgehead atoms. The molecule has 0 aliphatic rings. The van der Waals surface area contributed by atoms with Crippen LogP contribution in [0.5, 0.6) is 0 Å². The first-order chi connectivity index (χ1) is 9.87. The molecular formula is C17H36N2O3. The summed E-state index contributed by atoms with van der Waals surface area (Å²) in [4.78, 5) is 11.7. The SMILES string of the molecule is CCNCC(C)(C)COCC(C)(C)CNC(=O)OC(C)(C)C. The van der Waals surface area contributed by atoms with Crippen molar-refractivity contribution in [2.45, 2.75) is 61.0 Å². The number of amides is 1. The molecule has 1 amide bonds. The van der Waals surface area contributed by atoms with Crippen molar-refractivity contribution in [1.29, 1.82) is 0 Å². The normalized spacial score (nSPS) is 13.1.